The second kappa shape index (κ2) is 13.2. The van der Waals surface area contributed by atoms with Crippen molar-refractivity contribution in [2.75, 3.05) is 40.0 Å². The molecule has 0 aromatic heterocycles. The number of carbonyl (C=O) groups excluding carboxylic acids is 1. The van der Waals surface area contributed by atoms with Gasteiger partial charge in [0.2, 0.25) is 0 Å². The molecule has 3 heterocycles. The first-order valence-electron chi connectivity index (χ1n) is 20.8. The quantitative estimate of drug-likeness (QED) is 0.309. The molecule has 9 rings (SSSR count). The summed E-state index contributed by atoms with van der Waals surface area (Å²) in [5.41, 5.74) is 0.336. The van der Waals surface area contributed by atoms with E-state index in [1.165, 1.54) is 58.5 Å². The van der Waals surface area contributed by atoms with Gasteiger partial charge in [-0.25, -0.2) is 0 Å². The molecule has 9 aliphatic rings. The maximum absolute atomic E-state index is 11.0. The summed E-state index contributed by atoms with van der Waals surface area (Å²) in [6.45, 7) is 17.8. The van der Waals surface area contributed by atoms with Crippen LogP contribution in [-0.4, -0.2) is 103 Å². The smallest absolute Gasteiger partial charge is 0.305 e. The van der Waals surface area contributed by atoms with E-state index in [-0.39, 0.29) is 36.0 Å². The van der Waals surface area contributed by atoms with Crippen LogP contribution in [0.15, 0.2) is 0 Å². The molecule has 0 aromatic rings. The van der Waals surface area contributed by atoms with E-state index in [1.807, 2.05) is 0 Å². The van der Waals surface area contributed by atoms with E-state index in [9.17, 15) is 15.0 Å². The first-order chi connectivity index (χ1) is 24.1. The lowest BCUT2D eigenvalue weighted by molar-refractivity contribution is -0.253. The second-order valence-electron chi connectivity index (χ2n) is 20.3. The number of hydrogen-bond acceptors (Lipinski definition) is 9. The normalized spacial score (nSPS) is 47.9. The minimum absolute atomic E-state index is 0.0625. The largest absolute Gasteiger partial charge is 0.469 e. The Morgan fingerprint density at radius 3 is 2.43 bits per heavy atom. The van der Waals surface area contributed by atoms with Crippen molar-refractivity contribution in [2.24, 2.45) is 57.2 Å². The Labute approximate surface area is 307 Å². The SMILES string of the molecule is CC1CC([C@H](O)C(C)(C)O)OC2CC3C4CCC5C(C)(C)[C@@H](OC6CN(C7COC7)CCO6)CCC56CC46CCC3(C)C12.COC(=O)CC1CC1. The third kappa shape index (κ3) is 6.17. The van der Waals surface area contributed by atoms with Gasteiger partial charge in [-0.2, -0.15) is 0 Å². The lowest BCUT2D eigenvalue weighted by atomic mass is 9.46. The van der Waals surface area contributed by atoms with Gasteiger partial charge in [0, 0.05) is 13.0 Å². The summed E-state index contributed by atoms with van der Waals surface area (Å²) in [6, 6.07) is 0.543. The number of nitrogens with zero attached hydrogens (tertiary/aromatic N) is 1. The molecular weight excluding hydrogens is 646 g/mol. The van der Waals surface area contributed by atoms with Gasteiger partial charge in [-0.3, -0.25) is 9.69 Å². The van der Waals surface area contributed by atoms with Crippen LogP contribution < -0.4 is 0 Å². The number of fused-ring (bicyclic) bond motifs is 4. The molecule has 6 saturated carbocycles. The number of aliphatic hydroxyl groups excluding tert-OH is 1. The number of morpholine rings is 1. The molecule has 0 aromatic carbocycles. The molecule has 290 valence electrons. The zero-order chi connectivity index (χ0) is 36.1. The number of rotatable bonds is 7. The van der Waals surface area contributed by atoms with Crippen molar-refractivity contribution in [3.8, 4) is 0 Å². The third-order valence-corrected chi connectivity index (χ3v) is 16.9. The highest BCUT2D eigenvalue weighted by molar-refractivity contribution is 5.69. The molecule has 0 radical (unpaired) electrons. The van der Waals surface area contributed by atoms with Gasteiger partial charge < -0.3 is 33.9 Å². The number of aliphatic hydroxyl groups is 2. The van der Waals surface area contributed by atoms with Crippen LogP contribution in [-0.2, 0) is 28.5 Å². The topological polar surface area (TPSA) is 107 Å². The van der Waals surface area contributed by atoms with E-state index in [2.05, 4.69) is 37.3 Å². The second-order valence-corrected chi connectivity index (χ2v) is 20.3. The van der Waals surface area contributed by atoms with Crippen molar-refractivity contribution in [3.63, 3.8) is 0 Å². The number of methoxy groups -OCH3 is 1. The zero-order valence-corrected chi connectivity index (χ0v) is 32.7. The molecule has 2 spiro atoms. The Hall–Kier alpha value is -0.810. The molecule has 13 atom stereocenters. The summed E-state index contributed by atoms with van der Waals surface area (Å²) in [5.74, 6) is 3.91. The van der Waals surface area contributed by atoms with Crippen LogP contribution in [0.3, 0.4) is 0 Å². The first-order valence-corrected chi connectivity index (χ1v) is 20.8. The highest BCUT2D eigenvalue weighted by Gasteiger charge is 2.81. The lowest BCUT2D eigenvalue weighted by Gasteiger charge is -2.60. The van der Waals surface area contributed by atoms with Crippen LogP contribution in [0.25, 0.3) is 0 Å². The minimum Gasteiger partial charge on any atom is -0.469 e. The van der Waals surface area contributed by atoms with Gasteiger partial charge in [-0.1, -0.05) is 27.7 Å². The number of hydrogen-bond donors (Lipinski definition) is 2. The van der Waals surface area contributed by atoms with Crippen LogP contribution >= 0.6 is 0 Å². The van der Waals surface area contributed by atoms with Crippen molar-refractivity contribution in [3.05, 3.63) is 0 Å². The molecule has 3 saturated heterocycles. The first kappa shape index (κ1) is 37.1. The fourth-order valence-electron chi connectivity index (χ4n) is 14.0. The van der Waals surface area contributed by atoms with E-state index in [0.717, 1.165) is 64.0 Å². The maximum atomic E-state index is 11.0. The standard InChI is InChI=1S/C36H59NO6.C6H10O2/c1-21-15-26(31(38)33(4,5)39)42-25-16-24-23-7-8-27-32(2,3)28(43-29-17-37(13-14-41-29)22-18-40-19-22)9-10-36(27)20-35(23,36)12-11-34(24,6)30(21)25;1-8-6(7)4-5-2-3-5/h21-31,38-39H,7-20H2,1-6H3;5H,2-4H2,1H3/t21?,23?,24?,25?,26?,27?,28-,29?,30?,31-,34?,35?,36?;/m0./s1. The van der Waals surface area contributed by atoms with Crippen LogP contribution in [0, 0.1) is 57.2 Å². The molecule has 6 aliphatic carbocycles. The molecule has 0 amide bonds. The lowest BCUT2D eigenvalue weighted by Crippen LogP contribution is -2.58. The number of esters is 1. The summed E-state index contributed by atoms with van der Waals surface area (Å²) in [7, 11) is 1.44. The summed E-state index contributed by atoms with van der Waals surface area (Å²) >= 11 is 0. The van der Waals surface area contributed by atoms with E-state index < -0.39 is 11.7 Å². The summed E-state index contributed by atoms with van der Waals surface area (Å²) in [4.78, 5) is 13.0. The highest BCUT2D eigenvalue weighted by Crippen LogP contribution is 2.87. The van der Waals surface area contributed by atoms with E-state index >= 15 is 0 Å². The van der Waals surface area contributed by atoms with Crippen LogP contribution in [0.5, 0.6) is 0 Å². The van der Waals surface area contributed by atoms with Crippen molar-refractivity contribution in [1.82, 2.24) is 4.90 Å². The number of carbonyl (C=O) groups is 1. The van der Waals surface area contributed by atoms with Crippen LogP contribution in [0.4, 0.5) is 0 Å². The molecule has 0 bridgehead atoms. The summed E-state index contributed by atoms with van der Waals surface area (Å²) < 4.78 is 29.8. The Balaban J connectivity index is 0.000000415. The Morgan fingerprint density at radius 1 is 1.00 bits per heavy atom. The van der Waals surface area contributed by atoms with Crippen molar-refractivity contribution < 1.29 is 38.7 Å². The summed E-state index contributed by atoms with van der Waals surface area (Å²) in [5, 5.41) is 21.5. The van der Waals surface area contributed by atoms with Gasteiger partial charge in [0.1, 0.15) is 6.10 Å². The van der Waals surface area contributed by atoms with Gasteiger partial charge >= 0.3 is 5.97 Å². The van der Waals surface area contributed by atoms with Crippen LogP contribution in [0.1, 0.15) is 119 Å². The van der Waals surface area contributed by atoms with Crippen molar-refractivity contribution in [2.45, 2.75) is 161 Å². The Bertz CT molecular complexity index is 1290. The highest BCUT2D eigenvalue weighted by atomic mass is 16.7. The molecule has 9 heteroatoms. The Kier molecular flexibility index (Phi) is 9.58. The Morgan fingerprint density at radius 2 is 1.76 bits per heavy atom. The van der Waals surface area contributed by atoms with Gasteiger partial charge in [0.05, 0.1) is 63.4 Å². The van der Waals surface area contributed by atoms with Gasteiger partial charge in [-0.05, 0) is 142 Å². The van der Waals surface area contributed by atoms with Crippen molar-refractivity contribution >= 4 is 5.97 Å². The van der Waals surface area contributed by atoms with Crippen molar-refractivity contribution in [1.29, 1.82) is 0 Å². The molecule has 11 unspecified atom stereocenters. The van der Waals surface area contributed by atoms with E-state index in [4.69, 9.17) is 18.9 Å². The number of ether oxygens (including phenoxy) is 5. The molecular formula is C42H69NO8. The monoisotopic (exact) mass is 716 g/mol. The fourth-order valence-corrected chi connectivity index (χ4v) is 14.0. The maximum Gasteiger partial charge on any atom is 0.305 e. The molecule has 51 heavy (non-hydrogen) atoms. The van der Waals surface area contributed by atoms with Gasteiger partial charge in [0.25, 0.3) is 0 Å². The zero-order valence-electron chi connectivity index (χ0n) is 32.7. The summed E-state index contributed by atoms with van der Waals surface area (Å²) in [6.07, 6.45) is 13.6. The van der Waals surface area contributed by atoms with E-state index in [0.29, 0.717) is 52.4 Å². The van der Waals surface area contributed by atoms with Gasteiger partial charge in [0.15, 0.2) is 6.29 Å². The molecule has 9 fully saturated rings. The average Bonchev–Trinajstić information content (AvgIpc) is 3.96. The van der Waals surface area contributed by atoms with E-state index in [1.54, 1.807) is 13.8 Å². The average molecular weight is 716 g/mol. The predicted octanol–water partition coefficient (Wildman–Crippen LogP) is 5.97. The molecule has 2 N–H and O–H groups in total. The molecule has 9 nitrogen and oxygen atoms in total. The van der Waals surface area contributed by atoms with Gasteiger partial charge in [-0.15, -0.1) is 0 Å². The third-order valence-electron chi connectivity index (χ3n) is 16.9. The molecule has 3 aliphatic heterocycles. The van der Waals surface area contributed by atoms with Crippen LogP contribution in [0.2, 0.25) is 0 Å². The minimum atomic E-state index is -1.14. The fraction of sp³-hybridized carbons (Fsp3) is 0.976. The predicted molar refractivity (Wildman–Crippen MR) is 193 cm³/mol.